The van der Waals surface area contributed by atoms with E-state index >= 15 is 0 Å². The number of benzene rings is 3. The van der Waals surface area contributed by atoms with Gasteiger partial charge in [-0.25, -0.2) is 14.4 Å². The minimum atomic E-state index is -1.51. The van der Waals surface area contributed by atoms with Crippen LogP contribution < -0.4 is 16.0 Å². The van der Waals surface area contributed by atoms with E-state index < -0.39 is 85.3 Å². The van der Waals surface area contributed by atoms with Gasteiger partial charge < -0.3 is 49.3 Å². The van der Waals surface area contributed by atoms with E-state index in [1.165, 1.54) is 0 Å². The third-order valence-corrected chi connectivity index (χ3v) is 5.17. The number of ether oxygens (including phenoxy) is 1. The standard InChI is InChI=1S/C21H10O13/c22-6-1-4(19(28)29)2-8(12(6)24)32-18-11-10-9-5(20(30)33-17(10)14(26)15(18)27)3-7(23)13(25)16(9)34-21(11)31/h1-3,22-27H,(H,28,29). The number of aromatic hydroxyl groups is 6. The Morgan fingerprint density at radius 3 is 2.00 bits per heavy atom. The van der Waals surface area contributed by atoms with Gasteiger partial charge in [0.25, 0.3) is 0 Å². The molecule has 0 aliphatic carbocycles. The first-order chi connectivity index (χ1) is 16.0. The van der Waals surface area contributed by atoms with Crippen molar-refractivity contribution in [1.29, 1.82) is 0 Å². The molecule has 0 aliphatic heterocycles. The molecule has 0 spiro atoms. The van der Waals surface area contributed by atoms with Crippen LogP contribution in [0.25, 0.3) is 32.7 Å². The van der Waals surface area contributed by atoms with Gasteiger partial charge in [-0.2, -0.15) is 0 Å². The number of aromatic carboxylic acids is 1. The van der Waals surface area contributed by atoms with Gasteiger partial charge in [0.05, 0.1) is 16.3 Å². The summed E-state index contributed by atoms with van der Waals surface area (Å²) in [6, 6.07) is 2.30. The fourth-order valence-electron chi connectivity index (χ4n) is 3.65. The second-order valence-corrected chi connectivity index (χ2v) is 7.13. The summed E-state index contributed by atoms with van der Waals surface area (Å²) in [5, 5.41) is 68.5. The van der Waals surface area contributed by atoms with Crippen molar-refractivity contribution in [3.05, 3.63) is 44.6 Å². The Bertz CT molecular complexity index is 1810. The van der Waals surface area contributed by atoms with E-state index in [-0.39, 0.29) is 16.2 Å². The Morgan fingerprint density at radius 1 is 0.706 bits per heavy atom. The predicted octanol–water partition coefficient (Wildman–Crippen LogP) is 2.21. The molecule has 0 amide bonds. The molecule has 0 bridgehead atoms. The second kappa shape index (κ2) is 6.59. The SMILES string of the molecule is O=C(O)c1cc(O)c(O)c(Oc2c(O)c(O)c3oc(=O)c4cc(O)c(O)c5oc(=O)c2c3c54)c1. The molecule has 3 aromatic carbocycles. The molecule has 13 nitrogen and oxygen atoms in total. The van der Waals surface area contributed by atoms with Crippen LogP contribution in [-0.4, -0.2) is 41.7 Å². The summed E-state index contributed by atoms with van der Waals surface area (Å²) in [5.74, 6) is -8.93. The summed E-state index contributed by atoms with van der Waals surface area (Å²) in [6.07, 6.45) is 0. The maximum Gasteiger partial charge on any atom is 0.348 e. The summed E-state index contributed by atoms with van der Waals surface area (Å²) >= 11 is 0. The Balaban J connectivity index is 1.96. The quantitative estimate of drug-likeness (QED) is 0.114. The average molecular weight is 470 g/mol. The lowest BCUT2D eigenvalue weighted by Crippen LogP contribution is -2.08. The maximum atomic E-state index is 12.8. The molecule has 0 fully saturated rings. The molecule has 0 unspecified atom stereocenters. The fraction of sp³-hybridized carbons (Fsp3) is 0. The van der Waals surface area contributed by atoms with Gasteiger partial charge in [0.15, 0.2) is 34.2 Å². The van der Waals surface area contributed by atoms with Gasteiger partial charge in [0, 0.05) is 5.39 Å². The van der Waals surface area contributed by atoms with Crippen molar-refractivity contribution in [1.82, 2.24) is 0 Å². The van der Waals surface area contributed by atoms with Crippen molar-refractivity contribution in [3.8, 4) is 46.0 Å². The monoisotopic (exact) mass is 470 g/mol. The molecule has 2 heterocycles. The molecule has 0 atom stereocenters. The summed E-state index contributed by atoms with van der Waals surface area (Å²) in [7, 11) is 0. The molecule has 34 heavy (non-hydrogen) atoms. The number of rotatable bonds is 3. The van der Waals surface area contributed by atoms with Gasteiger partial charge in [-0.15, -0.1) is 0 Å². The zero-order valence-corrected chi connectivity index (χ0v) is 16.3. The lowest BCUT2D eigenvalue weighted by molar-refractivity contribution is 0.0696. The minimum Gasteiger partial charge on any atom is -0.504 e. The zero-order valence-electron chi connectivity index (χ0n) is 16.3. The molecule has 5 aromatic rings. The highest BCUT2D eigenvalue weighted by molar-refractivity contribution is 6.23. The molecule has 172 valence electrons. The van der Waals surface area contributed by atoms with Crippen molar-refractivity contribution >= 4 is 38.7 Å². The van der Waals surface area contributed by atoms with Crippen molar-refractivity contribution in [3.63, 3.8) is 0 Å². The number of hydrogen-bond donors (Lipinski definition) is 7. The van der Waals surface area contributed by atoms with Gasteiger partial charge in [0.2, 0.25) is 23.0 Å². The molecule has 0 aliphatic rings. The Morgan fingerprint density at radius 2 is 1.32 bits per heavy atom. The highest BCUT2D eigenvalue weighted by Crippen LogP contribution is 2.52. The number of hydrogen-bond acceptors (Lipinski definition) is 12. The number of carboxylic acid groups (broad SMARTS) is 1. The summed E-state index contributed by atoms with van der Waals surface area (Å²) in [5.41, 5.74) is -4.29. The molecule has 0 saturated heterocycles. The van der Waals surface area contributed by atoms with Gasteiger partial charge >= 0.3 is 17.2 Å². The number of carbonyl (C=O) groups is 1. The molecule has 2 aromatic heterocycles. The Labute approximate surface area is 184 Å². The summed E-state index contributed by atoms with van der Waals surface area (Å²) < 4.78 is 15.4. The van der Waals surface area contributed by atoms with Crippen LogP contribution in [0, 0.1) is 0 Å². The molecular formula is C21H10O13. The summed E-state index contributed by atoms with van der Waals surface area (Å²) in [6.45, 7) is 0. The van der Waals surface area contributed by atoms with Crippen LogP contribution in [0.4, 0.5) is 0 Å². The first-order valence-corrected chi connectivity index (χ1v) is 9.13. The second-order valence-electron chi connectivity index (χ2n) is 7.13. The van der Waals surface area contributed by atoms with Crippen LogP contribution in [0.5, 0.6) is 46.0 Å². The van der Waals surface area contributed by atoms with Crippen LogP contribution in [0.2, 0.25) is 0 Å². The fourth-order valence-corrected chi connectivity index (χ4v) is 3.65. The highest BCUT2D eigenvalue weighted by Gasteiger charge is 2.30. The van der Waals surface area contributed by atoms with Crippen molar-refractivity contribution in [2.45, 2.75) is 0 Å². The van der Waals surface area contributed by atoms with Crippen molar-refractivity contribution in [2.75, 3.05) is 0 Å². The number of phenols is 6. The first kappa shape index (κ1) is 20.6. The molecular weight excluding hydrogens is 460 g/mol. The van der Waals surface area contributed by atoms with E-state index in [0.717, 1.165) is 12.1 Å². The van der Waals surface area contributed by atoms with Gasteiger partial charge in [-0.3, -0.25) is 0 Å². The van der Waals surface area contributed by atoms with Crippen LogP contribution >= 0.6 is 0 Å². The summed E-state index contributed by atoms with van der Waals surface area (Å²) in [4.78, 5) is 36.5. The minimum absolute atomic E-state index is 0.275. The predicted molar refractivity (Wildman–Crippen MR) is 111 cm³/mol. The van der Waals surface area contributed by atoms with E-state index in [2.05, 4.69) is 0 Å². The van der Waals surface area contributed by atoms with Gasteiger partial charge in [0.1, 0.15) is 5.39 Å². The van der Waals surface area contributed by atoms with E-state index in [1.54, 1.807) is 0 Å². The van der Waals surface area contributed by atoms with Crippen molar-refractivity contribution < 1.29 is 54.1 Å². The molecule has 7 N–H and O–H groups in total. The average Bonchev–Trinajstić information content (AvgIpc) is 2.78. The molecule has 0 saturated carbocycles. The third-order valence-electron chi connectivity index (χ3n) is 5.17. The van der Waals surface area contributed by atoms with Crippen molar-refractivity contribution in [2.24, 2.45) is 0 Å². The smallest absolute Gasteiger partial charge is 0.348 e. The maximum absolute atomic E-state index is 12.8. The van der Waals surface area contributed by atoms with E-state index in [1.807, 2.05) is 0 Å². The van der Waals surface area contributed by atoms with Crippen LogP contribution in [-0.2, 0) is 0 Å². The normalized spacial score (nSPS) is 11.5. The molecule has 13 heteroatoms. The third kappa shape index (κ3) is 2.57. The van der Waals surface area contributed by atoms with Gasteiger partial charge in [-0.05, 0) is 18.2 Å². The van der Waals surface area contributed by atoms with Crippen LogP contribution in [0.1, 0.15) is 10.4 Å². The van der Waals surface area contributed by atoms with E-state index in [4.69, 9.17) is 13.6 Å². The van der Waals surface area contributed by atoms with E-state index in [9.17, 15) is 50.1 Å². The van der Waals surface area contributed by atoms with Crippen LogP contribution in [0.15, 0.2) is 36.6 Å². The Kier molecular flexibility index (Phi) is 3.98. The van der Waals surface area contributed by atoms with E-state index in [0.29, 0.717) is 6.07 Å². The largest absolute Gasteiger partial charge is 0.504 e. The lowest BCUT2D eigenvalue weighted by Gasteiger charge is -2.16. The van der Waals surface area contributed by atoms with Gasteiger partial charge in [-0.1, -0.05) is 0 Å². The lowest BCUT2D eigenvalue weighted by atomic mass is 10.0. The van der Waals surface area contributed by atoms with Crippen LogP contribution in [0.3, 0.4) is 0 Å². The molecule has 5 rings (SSSR count). The highest BCUT2D eigenvalue weighted by atomic mass is 16.5. The zero-order chi connectivity index (χ0) is 24.6. The first-order valence-electron chi connectivity index (χ1n) is 9.13. The number of phenolic OH excluding ortho intramolecular Hbond substituents is 6. The topological polar surface area (TPSA) is 228 Å². The molecule has 0 radical (unpaired) electrons. The number of carboxylic acids is 1. The Hall–Kier alpha value is -5.33.